The highest BCUT2D eigenvalue weighted by atomic mass is 19.1. The summed E-state index contributed by atoms with van der Waals surface area (Å²) in [5.41, 5.74) is 1.18. The van der Waals surface area contributed by atoms with E-state index in [1.54, 1.807) is 0 Å². The quantitative estimate of drug-likeness (QED) is 0.853. The number of nitrogens with zero attached hydrogens (tertiary/aromatic N) is 2. The van der Waals surface area contributed by atoms with Crippen LogP contribution >= 0.6 is 0 Å². The third-order valence-electron chi connectivity index (χ3n) is 2.65. The summed E-state index contributed by atoms with van der Waals surface area (Å²) in [5, 5.41) is 2.62. The number of nitrogens with one attached hydrogen (secondary N) is 1. The Morgan fingerprint density at radius 3 is 2.68 bits per heavy atom. The van der Waals surface area contributed by atoms with Crippen LogP contribution in [0.5, 0.6) is 0 Å². The lowest BCUT2D eigenvalue weighted by Crippen LogP contribution is -2.34. The normalized spacial score (nSPS) is 10.2. The average Bonchev–Trinajstić information content (AvgIpc) is 2.41. The first-order valence-corrected chi connectivity index (χ1v) is 6.00. The monoisotopic (exact) mass is 260 g/mol. The van der Waals surface area contributed by atoms with Crippen molar-refractivity contribution in [3.63, 3.8) is 0 Å². The Morgan fingerprint density at radius 1 is 1.32 bits per heavy atom. The Labute approximate surface area is 110 Å². The lowest BCUT2D eigenvalue weighted by molar-refractivity contribution is -0.695. The van der Waals surface area contributed by atoms with Gasteiger partial charge >= 0.3 is 0 Å². The molecule has 2 aromatic rings. The van der Waals surface area contributed by atoms with Crippen LogP contribution < -0.4 is 9.88 Å². The minimum Gasteiger partial charge on any atom is -0.310 e. The van der Waals surface area contributed by atoms with Crippen molar-refractivity contribution in [2.75, 3.05) is 5.32 Å². The number of hydrogen-bond acceptors (Lipinski definition) is 2. The van der Waals surface area contributed by atoms with Gasteiger partial charge < -0.3 is 5.32 Å². The number of aromatic nitrogens is 2. The van der Waals surface area contributed by atoms with E-state index in [1.807, 2.05) is 36.0 Å². The molecule has 0 aliphatic carbocycles. The fourth-order valence-electron chi connectivity index (χ4n) is 1.57. The van der Waals surface area contributed by atoms with Gasteiger partial charge in [-0.25, -0.2) is 13.9 Å². The number of amides is 1. The third-order valence-corrected chi connectivity index (χ3v) is 2.65. The van der Waals surface area contributed by atoms with Gasteiger partial charge in [0.2, 0.25) is 5.91 Å². The molecule has 0 fully saturated rings. The molecular formula is C14H15FN3O+. The minimum absolute atomic E-state index is 0.146. The van der Waals surface area contributed by atoms with E-state index in [-0.39, 0.29) is 5.91 Å². The molecule has 0 radical (unpaired) electrons. The number of carbonyl (C=O) groups is 1. The van der Waals surface area contributed by atoms with E-state index in [0.29, 0.717) is 18.8 Å². The van der Waals surface area contributed by atoms with Gasteiger partial charge in [-0.15, -0.1) is 0 Å². The summed E-state index contributed by atoms with van der Waals surface area (Å²) in [7, 11) is 0. The summed E-state index contributed by atoms with van der Waals surface area (Å²) in [4.78, 5) is 15.5. The number of carbonyl (C=O) groups excluding carboxylic acids is 1. The van der Waals surface area contributed by atoms with E-state index in [4.69, 9.17) is 0 Å². The molecule has 1 amide bonds. The summed E-state index contributed by atoms with van der Waals surface area (Å²) >= 11 is 0. The molecule has 5 heteroatoms. The number of halogens is 1. The largest absolute Gasteiger partial charge is 0.310 e. The molecule has 2 heterocycles. The van der Waals surface area contributed by atoms with Crippen LogP contribution in [0, 0.1) is 12.7 Å². The van der Waals surface area contributed by atoms with Crippen molar-refractivity contribution in [2.45, 2.75) is 19.9 Å². The zero-order valence-electron chi connectivity index (χ0n) is 10.6. The highest BCUT2D eigenvalue weighted by Crippen LogP contribution is 2.03. The van der Waals surface area contributed by atoms with Gasteiger partial charge in [0.05, 0.1) is 12.6 Å². The average molecular weight is 260 g/mol. The maximum absolute atomic E-state index is 12.6. The van der Waals surface area contributed by atoms with Crippen LogP contribution in [0.15, 0.2) is 42.9 Å². The Hall–Kier alpha value is -2.30. The van der Waals surface area contributed by atoms with E-state index in [2.05, 4.69) is 10.3 Å². The lowest BCUT2D eigenvalue weighted by Gasteiger charge is -2.02. The molecule has 4 nitrogen and oxygen atoms in total. The maximum Gasteiger partial charge on any atom is 0.231 e. The number of aryl methyl sites for hydroxylation is 2. The molecule has 0 spiro atoms. The Kier molecular flexibility index (Phi) is 4.18. The molecule has 19 heavy (non-hydrogen) atoms. The van der Waals surface area contributed by atoms with Gasteiger partial charge in [0.1, 0.15) is 11.6 Å². The highest BCUT2D eigenvalue weighted by Gasteiger charge is 2.07. The zero-order valence-corrected chi connectivity index (χ0v) is 10.6. The van der Waals surface area contributed by atoms with Gasteiger partial charge in [-0.05, 0) is 24.6 Å². The Morgan fingerprint density at radius 2 is 2.05 bits per heavy atom. The van der Waals surface area contributed by atoms with Crippen molar-refractivity contribution in [1.82, 2.24) is 4.98 Å². The third kappa shape index (κ3) is 4.13. The van der Waals surface area contributed by atoms with E-state index < -0.39 is 5.82 Å². The molecule has 1 N–H and O–H groups in total. The second-order valence-electron chi connectivity index (χ2n) is 4.27. The van der Waals surface area contributed by atoms with Crippen molar-refractivity contribution in [2.24, 2.45) is 0 Å². The highest BCUT2D eigenvalue weighted by molar-refractivity contribution is 5.89. The molecule has 2 aromatic heterocycles. The van der Waals surface area contributed by atoms with Crippen LogP contribution in [0.3, 0.4) is 0 Å². The standard InChI is InChI=1S/C14H14FN3O/c1-11-4-7-18(8-5-11)9-6-14(19)17-13-3-2-12(15)10-16-13/h2-5,7-8,10H,6,9H2,1H3/p+1. The fraction of sp³-hybridized carbons (Fsp3) is 0.214. The second kappa shape index (κ2) is 6.04. The Bertz CT molecular complexity index is 552. The fourth-order valence-corrected chi connectivity index (χ4v) is 1.57. The van der Waals surface area contributed by atoms with Crippen molar-refractivity contribution in [1.29, 1.82) is 0 Å². The summed E-state index contributed by atoms with van der Waals surface area (Å²) in [5.74, 6) is -0.208. The number of hydrogen-bond donors (Lipinski definition) is 1. The van der Waals surface area contributed by atoms with Gasteiger partial charge in [0.25, 0.3) is 0 Å². The number of anilines is 1. The molecule has 98 valence electrons. The topological polar surface area (TPSA) is 45.9 Å². The molecule has 0 aliphatic rings. The van der Waals surface area contributed by atoms with Crippen LogP contribution in [-0.2, 0) is 11.3 Å². The van der Waals surface area contributed by atoms with E-state index in [9.17, 15) is 9.18 Å². The summed E-state index contributed by atoms with van der Waals surface area (Å²) in [6.45, 7) is 2.60. The predicted octanol–water partition coefficient (Wildman–Crippen LogP) is 1.85. The first-order valence-electron chi connectivity index (χ1n) is 6.00. The summed E-state index contributed by atoms with van der Waals surface area (Å²) in [6.07, 6.45) is 5.27. The summed E-state index contributed by atoms with van der Waals surface area (Å²) in [6, 6.07) is 6.67. The Balaban J connectivity index is 1.84. The van der Waals surface area contributed by atoms with Crippen molar-refractivity contribution in [3.8, 4) is 0 Å². The predicted molar refractivity (Wildman–Crippen MR) is 68.8 cm³/mol. The van der Waals surface area contributed by atoms with Gasteiger partial charge in [-0.1, -0.05) is 0 Å². The van der Waals surface area contributed by atoms with Crippen molar-refractivity contribution >= 4 is 11.7 Å². The number of pyridine rings is 2. The van der Waals surface area contributed by atoms with Crippen LogP contribution in [-0.4, -0.2) is 10.9 Å². The first kappa shape index (κ1) is 13.1. The molecule has 0 unspecified atom stereocenters. The minimum atomic E-state index is -0.423. The zero-order chi connectivity index (χ0) is 13.7. The molecular weight excluding hydrogens is 245 g/mol. The molecule has 0 bridgehead atoms. The van der Waals surface area contributed by atoms with Gasteiger partial charge in [0.15, 0.2) is 18.9 Å². The summed E-state index contributed by atoms with van der Waals surface area (Å²) < 4.78 is 14.6. The molecule has 0 saturated carbocycles. The molecule has 0 aliphatic heterocycles. The second-order valence-corrected chi connectivity index (χ2v) is 4.27. The molecule has 0 aromatic carbocycles. The smallest absolute Gasteiger partial charge is 0.231 e. The van der Waals surface area contributed by atoms with Crippen LogP contribution in [0.2, 0.25) is 0 Å². The van der Waals surface area contributed by atoms with E-state index >= 15 is 0 Å². The van der Waals surface area contributed by atoms with Crippen LogP contribution in [0.25, 0.3) is 0 Å². The van der Waals surface area contributed by atoms with Crippen molar-refractivity contribution in [3.05, 3.63) is 54.2 Å². The van der Waals surface area contributed by atoms with Gasteiger partial charge in [-0.2, -0.15) is 0 Å². The number of rotatable bonds is 4. The maximum atomic E-state index is 12.6. The molecule has 0 atom stereocenters. The van der Waals surface area contributed by atoms with Crippen LogP contribution in [0.1, 0.15) is 12.0 Å². The van der Waals surface area contributed by atoms with Crippen LogP contribution in [0.4, 0.5) is 10.2 Å². The molecule has 2 rings (SSSR count). The molecule has 0 saturated heterocycles. The van der Waals surface area contributed by atoms with Gasteiger partial charge in [-0.3, -0.25) is 4.79 Å². The lowest BCUT2D eigenvalue weighted by atomic mass is 10.3. The van der Waals surface area contributed by atoms with Gasteiger partial charge in [0, 0.05) is 12.1 Å². The van der Waals surface area contributed by atoms with E-state index in [1.165, 1.54) is 17.7 Å². The first-order chi connectivity index (χ1) is 9.13. The van der Waals surface area contributed by atoms with E-state index in [0.717, 1.165) is 6.20 Å². The van der Waals surface area contributed by atoms with Crippen molar-refractivity contribution < 1.29 is 13.8 Å². The SMILES string of the molecule is Cc1cc[n+](CCC(=O)Nc2ccc(F)cn2)cc1.